The Bertz CT molecular complexity index is 482. The van der Waals surface area contributed by atoms with E-state index in [1.807, 2.05) is 32.0 Å². The molecule has 1 atom stereocenters. The molecule has 1 heterocycles. The zero-order chi connectivity index (χ0) is 14.0. The van der Waals surface area contributed by atoms with Crippen molar-refractivity contribution >= 4 is 5.91 Å². The number of aryl methyl sites for hydroxylation is 2. The SMILES string of the molecule is Cc1ccc(OCC(=O)N2CCC(C)(O)C2)c(C)c1. The molecule has 0 aliphatic carbocycles. The van der Waals surface area contributed by atoms with Crippen LogP contribution in [0.2, 0.25) is 0 Å². The molecule has 1 unspecified atom stereocenters. The highest BCUT2D eigenvalue weighted by Gasteiger charge is 2.33. The van der Waals surface area contributed by atoms with Crippen molar-refractivity contribution in [1.82, 2.24) is 4.90 Å². The molecular formula is C15H21NO3. The summed E-state index contributed by atoms with van der Waals surface area (Å²) < 4.78 is 5.56. The molecule has 1 fully saturated rings. The van der Waals surface area contributed by atoms with Crippen LogP contribution >= 0.6 is 0 Å². The van der Waals surface area contributed by atoms with Gasteiger partial charge in [-0.1, -0.05) is 17.7 Å². The number of carbonyl (C=O) groups excluding carboxylic acids is 1. The number of carbonyl (C=O) groups is 1. The monoisotopic (exact) mass is 263 g/mol. The normalized spacial score (nSPS) is 22.6. The number of aliphatic hydroxyl groups is 1. The number of nitrogens with zero attached hydrogens (tertiary/aromatic N) is 1. The van der Waals surface area contributed by atoms with Crippen molar-refractivity contribution < 1.29 is 14.6 Å². The van der Waals surface area contributed by atoms with Crippen LogP contribution in [0.4, 0.5) is 0 Å². The lowest BCUT2D eigenvalue weighted by molar-refractivity contribution is -0.133. The first kappa shape index (κ1) is 13.9. The number of β-amino-alcohol motifs (C(OH)–C–C–N with tert-alkyl or cyclic N) is 1. The number of likely N-dealkylation sites (tertiary alicyclic amines) is 1. The van der Waals surface area contributed by atoms with E-state index in [9.17, 15) is 9.90 Å². The fourth-order valence-electron chi connectivity index (χ4n) is 2.35. The van der Waals surface area contributed by atoms with E-state index in [1.165, 1.54) is 5.56 Å². The van der Waals surface area contributed by atoms with Crippen molar-refractivity contribution in [3.05, 3.63) is 29.3 Å². The number of hydrogen-bond acceptors (Lipinski definition) is 3. The Kier molecular flexibility index (Phi) is 3.80. The Morgan fingerprint density at radius 1 is 1.47 bits per heavy atom. The standard InChI is InChI=1S/C15H21NO3/c1-11-4-5-13(12(2)8-11)19-9-14(17)16-7-6-15(3,18)10-16/h4-5,8,18H,6-7,9-10H2,1-3H3. The maximum absolute atomic E-state index is 12.0. The molecule has 0 aromatic heterocycles. The largest absolute Gasteiger partial charge is 0.484 e. The minimum Gasteiger partial charge on any atom is -0.484 e. The van der Waals surface area contributed by atoms with Crippen LogP contribution < -0.4 is 4.74 Å². The molecule has 1 aromatic carbocycles. The highest BCUT2D eigenvalue weighted by atomic mass is 16.5. The molecule has 4 nitrogen and oxygen atoms in total. The van der Waals surface area contributed by atoms with E-state index in [1.54, 1.807) is 11.8 Å². The summed E-state index contributed by atoms with van der Waals surface area (Å²) in [6.45, 7) is 6.76. The smallest absolute Gasteiger partial charge is 0.260 e. The molecule has 1 N–H and O–H groups in total. The molecule has 1 aliphatic rings. The van der Waals surface area contributed by atoms with E-state index >= 15 is 0 Å². The summed E-state index contributed by atoms with van der Waals surface area (Å²) in [7, 11) is 0. The van der Waals surface area contributed by atoms with Crippen molar-refractivity contribution in [2.75, 3.05) is 19.7 Å². The van der Waals surface area contributed by atoms with E-state index in [-0.39, 0.29) is 12.5 Å². The van der Waals surface area contributed by atoms with Gasteiger partial charge in [-0.2, -0.15) is 0 Å². The predicted molar refractivity (Wildman–Crippen MR) is 73.2 cm³/mol. The average molecular weight is 263 g/mol. The Labute approximate surface area is 114 Å². The molecule has 104 valence electrons. The van der Waals surface area contributed by atoms with Gasteiger partial charge in [0.05, 0.1) is 5.60 Å². The third kappa shape index (κ3) is 3.47. The average Bonchev–Trinajstić information content (AvgIpc) is 2.68. The zero-order valence-electron chi connectivity index (χ0n) is 11.8. The van der Waals surface area contributed by atoms with Crippen molar-refractivity contribution in [2.45, 2.75) is 32.8 Å². The van der Waals surface area contributed by atoms with Gasteiger partial charge in [0.25, 0.3) is 5.91 Å². The summed E-state index contributed by atoms with van der Waals surface area (Å²) in [6, 6.07) is 5.88. The fraction of sp³-hybridized carbons (Fsp3) is 0.533. The summed E-state index contributed by atoms with van der Waals surface area (Å²) in [5, 5.41) is 9.84. The van der Waals surface area contributed by atoms with Crippen LogP contribution in [0, 0.1) is 13.8 Å². The van der Waals surface area contributed by atoms with Gasteiger partial charge in [-0.25, -0.2) is 0 Å². The summed E-state index contributed by atoms with van der Waals surface area (Å²) in [5.74, 6) is 0.669. The topological polar surface area (TPSA) is 49.8 Å². The maximum Gasteiger partial charge on any atom is 0.260 e. The van der Waals surface area contributed by atoms with E-state index in [4.69, 9.17) is 4.74 Å². The molecular weight excluding hydrogens is 242 g/mol. The molecule has 1 aromatic rings. The van der Waals surface area contributed by atoms with Gasteiger partial charge in [-0.3, -0.25) is 4.79 Å². The third-order valence-electron chi connectivity index (χ3n) is 3.49. The van der Waals surface area contributed by atoms with Crippen LogP contribution in [0.1, 0.15) is 24.5 Å². The molecule has 4 heteroatoms. The second kappa shape index (κ2) is 5.21. The molecule has 0 radical (unpaired) electrons. The van der Waals surface area contributed by atoms with E-state index in [0.29, 0.717) is 19.5 Å². The number of benzene rings is 1. The predicted octanol–water partition coefficient (Wildman–Crippen LogP) is 1.67. The molecule has 0 saturated carbocycles. The van der Waals surface area contributed by atoms with Crippen LogP contribution in [0.5, 0.6) is 5.75 Å². The minimum atomic E-state index is -0.755. The van der Waals surface area contributed by atoms with Gasteiger partial charge >= 0.3 is 0 Å². The lowest BCUT2D eigenvalue weighted by Crippen LogP contribution is -2.36. The molecule has 2 rings (SSSR count). The van der Waals surface area contributed by atoms with Crippen molar-refractivity contribution in [3.8, 4) is 5.75 Å². The van der Waals surface area contributed by atoms with Crippen LogP contribution in [-0.2, 0) is 4.79 Å². The van der Waals surface area contributed by atoms with E-state index in [2.05, 4.69) is 0 Å². The zero-order valence-corrected chi connectivity index (χ0v) is 11.8. The molecule has 1 amide bonds. The highest BCUT2D eigenvalue weighted by molar-refractivity contribution is 5.78. The van der Waals surface area contributed by atoms with Crippen LogP contribution in [0.25, 0.3) is 0 Å². The lowest BCUT2D eigenvalue weighted by Gasteiger charge is -2.19. The summed E-state index contributed by atoms with van der Waals surface area (Å²) >= 11 is 0. The Morgan fingerprint density at radius 3 is 2.79 bits per heavy atom. The molecule has 1 saturated heterocycles. The maximum atomic E-state index is 12.0. The molecule has 19 heavy (non-hydrogen) atoms. The Hall–Kier alpha value is -1.55. The second-order valence-corrected chi connectivity index (χ2v) is 5.62. The van der Waals surface area contributed by atoms with Crippen LogP contribution in [0.15, 0.2) is 18.2 Å². The summed E-state index contributed by atoms with van der Waals surface area (Å²) in [6.07, 6.45) is 0.627. The summed E-state index contributed by atoms with van der Waals surface area (Å²) in [5.41, 5.74) is 1.45. The first-order chi connectivity index (χ1) is 8.87. The van der Waals surface area contributed by atoms with Gasteiger partial charge in [0, 0.05) is 13.1 Å². The van der Waals surface area contributed by atoms with E-state index < -0.39 is 5.60 Å². The summed E-state index contributed by atoms with van der Waals surface area (Å²) in [4.78, 5) is 13.6. The van der Waals surface area contributed by atoms with E-state index in [0.717, 1.165) is 11.3 Å². The fourth-order valence-corrected chi connectivity index (χ4v) is 2.35. The van der Waals surface area contributed by atoms with Crippen LogP contribution in [-0.4, -0.2) is 41.2 Å². The van der Waals surface area contributed by atoms with Crippen molar-refractivity contribution in [2.24, 2.45) is 0 Å². The van der Waals surface area contributed by atoms with Crippen molar-refractivity contribution in [1.29, 1.82) is 0 Å². The minimum absolute atomic E-state index is 0.0278. The number of rotatable bonds is 3. The van der Waals surface area contributed by atoms with Gasteiger partial charge < -0.3 is 14.7 Å². The Morgan fingerprint density at radius 2 is 2.21 bits per heavy atom. The number of hydrogen-bond donors (Lipinski definition) is 1. The van der Waals surface area contributed by atoms with Gasteiger partial charge in [-0.15, -0.1) is 0 Å². The second-order valence-electron chi connectivity index (χ2n) is 5.62. The molecule has 1 aliphatic heterocycles. The number of amides is 1. The van der Waals surface area contributed by atoms with Gasteiger partial charge in [-0.05, 0) is 38.8 Å². The van der Waals surface area contributed by atoms with Crippen molar-refractivity contribution in [3.63, 3.8) is 0 Å². The highest BCUT2D eigenvalue weighted by Crippen LogP contribution is 2.21. The molecule has 0 spiro atoms. The quantitative estimate of drug-likeness (QED) is 0.902. The third-order valence-corrected chi connectivity index (χ3v) is 3.49. The number of ether oxygens (including phenoxy) is 1. The first-order valence-corrected chi connectivity index (χ1v) is 6.58. The van der Waals surface area contributed by atoms with Crippen LogP contribution in [0.3, 0.4) is 0 Å². The lowest BCUT2D eigenvalue weighted by atomic mass is 10.1. The first-order valence-electron chi connectivity index (χ1n) is 6.58. The van der Waals surface area contributed by atoms with Gasteiger partial charge in [0.1, 0.15) is 5.75 Å². The van der Waals surface area contributed by atoms with Gasteiger partial charge in [0.2, 0.25) is 0 Å². The van der Waals surface area contributed by atoms with Gasteiger partial charge in [0.15, 0.2) is 6.61 Å². The Balaban J connectivity index is 1.90. The molecule has 0 bridgehead atoms.